The van der Waals surface area contributed by atoms with Gasteiger partial charge < -0.3 is 15.7 Å². The first-order chi connectivity index (χ1) is 10.0. The molecule has 0 bridgehead atoms. The molecule has 21 heavy (non-hydrogen) atoms. The lowest BCUT2D eigenvalue weighted by atomic mass is 9.99. The summed E-state index contributed by atoms with van der Waals surface area (Å²) >= 11 is 0. The Kier molecular flexibility index (Phi) is 5.75. The van der Waals surface area contributed by atoms with Gasteiger partial charge in [-0.05, 0) is 43.0 Å². The van der Waals surface area contributed by atoms with Gasteiger partial charge in [0.1, 0.15) is 0 Å². The van der Waals surface area contributed by atoms with E-state index in [0.717, 1.165) is 31.5 Å². The minimum absolute atomic E-state index is 0.118. The number of benzene rings is 1. The van der Waals surface area contributed by atoms with Crippen molar-refractivity contribution in [3.8, 4) is 0 Å². The number of likely N-dealkylation sites (tertiary alicyclic amines) is 1. The maximum Gasteiger partial charge on any atom is 0.179 e. The van der Waals surface area contributed by atoms with Crippen LogP contribution >= 0.6 is 0 Å². The van der Waals surface area contributed by atoms with Gasteiger partial charge in [-0.25, -0.2) is 8.42 Å². The smallest absolute Gasteiger partial charge is 0.179 e. The number of nitrogens with two attached hydrogens (primary N) is 1. The second kappa shape index (κ2) is 7.35. The van der Waals surface area contributed by atoms with Crippen LogP contribution in [-0.2, 0) is 16.4 Å². The van der Waals surface area contributed by atoms with Crippen molar-refractivity contribution >= 4 is 9.84 Å². The van der Waals surface area contributed by atoms with Crippen LogP contribution < -0.4 is 5.73 Å². The minimum Gasteiger partial charge on any atom is -0.396 e. The second-order valence-electron chi connectivity index (χ2n) is 5.66. The number of aliphatic hydroxyl groups is 1. The Hall–Kier alpha value is -0.950. The first-order valence-electron chi connectivity index (χ1n) is 7.40. The van der Waals surface area contributed by atoms with Crippen LogP contribution in [0.4, 0.5) is 0 Å². The fourth-order valence-electron chi connectivity index (χ4n) is 2.70. The Balaban J connectivity index is 1.94. The van der Waals surface area contributed by atoms with Crippen LogP contribution in [0.1, 0.15) is 18.4 Å². The molecule has 0 spiro atoms. The van der Waals surface area contributed by atoms with E-state index in [2.05, 4.69) is 4.90 Å². The molecule has 118 valence electrons. The van der Waals surface area contributed by atoms with Crippen LogP contribution in [0.15, 0.2) is 29.2 Å². The number of aliphatic hydroxyl groups excluding tert-OH is 1. The fraction of sp³-hybridized carbons (Fsp3) is 0.600. The van der Waals surface area contributed by atoms with Gasteiger partial charge in [0.25, 0.3) is 0 Å². The minimum atomic E-state index is -3.25. The monoisotopic (exact) mass is 312 g/mol. The molecular formula is C15H24N2O3S. The maximum absolute atomic E-state index is 12.3. The Morgan fingerprint density at radius 1 is 1.29 bits per heavy atom. The number of nitrogens with zero attached hydrogens (tertiary/aromatic N) is 1. The lowest BCUT2D eigenvalue weighted by Gasteiger charge is -2.31. The van der Waals surface area contributed by atoms with Gasteiger partial charge in [0.2, 0.25) is 0 Å². The largest absolute Gasteiger partial charge is 0.396 e. The third kappa shape index (κ3) is 4.51. The zero-order valence-corrected chi connectivity index (χ0v) is 13.1. The predicted octanol–water partition coefficient (Wildman–Crippen LogP) is 0.623. The third-order valence-corrected chi connectivity index (χ3v) is 5.77. The highest BCUT2D eigenvalue weighted by atomic mass is 32.2. The average Bonchev–Trinajstić information content (AvgIpc) is 2.53. The standard InChI is InChI=1S/C15H24N2O3S/c16-10-13-3-5-15(6-4-13)21(19,20)9-8-17-7-1-2-14(11-17)12-18/h3-6,14,18H,1-2,7-12,16H2. The van der Waals surface area contributed by atoms with E-state index < -0.39 is 9.84 Å². The topological polar surface area (TPSA) is 83.6 Å². The Bertz CT molecular complexity index is 543. The highest BCUT2D eigenvalue weighted by molar-refractivity contribution is 7.91. The summed E-state index contributed by atoms with van der Waals surface area (Å²) in [5.41, 5.74) is 6.44. The lowest BCUT2D eigenvalue weighted by molar-refractivity contribution is 0.125. The molecule has 0 saturated carbocycles. The van der Waals surface area contributed by atoms with Gasteiger partial charge in [-0.1, -0.05) is 12.1 Å². The van der Waals surface area contributed by atoms with Crippen molar-refractivity contribution in [2.45, 2.75) is 24.3 Å². The SMILES string of the molecule is NCc1ccc(S(=O)(=O)CCN2CCCC(CO)C2)cc1. The summed E-state index contributed by atoms with van der Waals surface area (Å²) < 4.78 is 24.6. The van der Waals surface area contributed by atoms with Crippen molar-refractivity contribution < 1.29 is 13.5 Å². The van der Waals surface area contributed by atoms with E-state index in [1.54, 1.807) is 24.3 Å². The van der Waals surface area contributed by atoms with Gasteiger partial charge in [-0.2, -0.15) is 0 Å². The van der Waals surface area contributed by atoms with E-state index in [9.17, 15) is 13.5 Å². The number of hydrogen-bond donors (Lipinski definition) is 2. The molecule has 1 aromatic rings. The van der Waals surface area contributed by atoms with E-state index >= 15 is 0 Å². The first-order valence-corrected chi connectivity index (χ1v) is 9.05. The fourth-order valence-corrected chi connectivity index (χ4v) is 3.99. The Labute approximate surface area is 126 Å². The van der Waals surface area contributed by atoms with Gasteiger partial charge >= 0.3 is 0 Å². The molecule has 0 aromatic heterocycles. The summed E-state index contributed by atoms with van der Waals surface area (Å²) in [6.07, 6.45) is 2.05. The quantitative estimate of drug-likeness (QED) is 0.805. The van der Waals surface area contributed by atoms with E-state index in [1.165, 1.54) is 0 Å². The molecule has 1 aliphatic rings. The number of rotatable bonds is 6. The molecule has 1 fully saturated rings. The van der Waals surface area contributed by atoms with Crippen molar-refractivity contribution in [3.63, 3.8) is 0 Å². The molecule has 5 nitrogen and oxygen atoms in total. The highest BCUT2D eigenvalue weighted by Gasteiger charge is 2.21. The molecule has 1 unspecified atom stereocenters. The molecule has 0 amide bonds. The van der Waals surface area contributed by atoms with Crippen LogP contribution in [0.2, 0.25) is 0 Å². The predicted molar refractivity (Wildman–Crippen MR) is 82.6 cm³/mol. The normalized spacial score (nSPS) is 20.6. The number of hydrogen-bond acceptors (Lipinski definition) is 5. The number of piperidine rings is 1. The second-order valence-corrected chi connectivity index (χ2v) is 7.77. The van der Waals surface area contributed by atoms with Crippen molar-refractivity contribution in [1.82, 2.24) is 4.90 Å². The van der Waals surface area contributed by atoms with E-state index in [1.807, 2.05) is 0 Å². The van der Waals surface area contributed by atoms with Gasteiger partial charge in [0, 0.05) is 26.2 Å². The van der Waals surface area contributed by atoms with Gasteiger partial charge in [0.05, 0.1) is 10.6 Å². The molecule has 0 radical (unpaired) electrons. The van der Waals surface area contributed by atoms with Crippen molar-refractivity contribution in [2.24, 2.45) is 11.7 Å². The van der Waals surface area contributed by atoms with E-state index in [4.69, 9.17) is 5.73 Å². The summed E-state index contributed by atoms with van der Waals surface area (Å²) in [5, 5.41) is 9.21. The van der Waals surface area contributed by atoms with Crippen LogP contribution in [0, 0.1) is 5.92 Å². The van der Waals surface area contributed by atoms with Crippen LogP contribution in [0.5, 0.6) is 0 Å². The zero-order valence-electron chi connectivity index (χ0n) is 12.2. The van der Waals surface area contributed by atoms with Crippen molar-refractivity contribution in [3.05, 3.63) is 29.8 Å². The number of sulfone groups is 1. The molecule has 1 aromatic carbocycles. The van der Waals surface area contributed by atoms with Crippen molar-refractivity contribution in [2.75, 3.05) is 32.0 Å². The van der Waals surface area contributed by atoms with Crippen LogP contribution in [0.3, 0.4) is 0 Å². The summed E-state index contributed by atoms with van der Waals surface area (Å²) in [6.45, 7) is 2.83. The zero-order chi connectivity index (χ0) is 15.3. The molecule has 1 saturated heterocycles. The molecule has 1 aliphatic heterocycles. The Morgan fingerprint density at radius 3 is 2.62 bits per heavy atom. The molecule has 6 heteroatoms. The summed E-state index contributed by atoms with van der Waals surface area (Å²) in [5.74, 6) is 0.401. The molecule has 1 atom stereocenters. The highest BCUT2D eigenvalue weighted by Crippen LogP contribution is 2.17. The summed E-state index contributed by atoms with van der Waals surface area (Å²) in [4.78, 5) is 2.49. The molecule has 3 N–H and O–H groups in total. The first kappa shape index (κ1) is 16.4. The van der Waals surface area contributed by atoms with Crippen LogP contribution in [-0.4, -0.2) is 50.4 Å². The van der Waals surface area contributed by atoms with Crippen LogP contribution in [0.25, 0.3) is 0 Å². The van der Waals surface area contributed by atoms with Gasteiger partial charge in [0.15, 0.2) is 9.84 Å². The lowest BCUT2D eigenvalue weighted by Crippen LogP contribution is -2.39. The molecule has 1 heterocycles. The average molecular weight is 312 g/mol. The third-order valence-electron chi connectivity index (χ3n) is 4.06. The summed E-state index contributed by atoms with van der Waals surface area (Å²) in [7, 11) is -3.25. The van der Waals surface area contributed by atoms with E-state index in [0.29, 0.717) is 18.0 Å². The summed E-state index contributed by atoms with van der Waals surface area (Å²) in [6, 6.07) is 6.78. The van der Waals surface area contributed by atoms with Crippen molar-refractivity contribution in [1.29, 1.82) is 0 Å². The maximum atomic E-state index is 12.3. The van der Waals surface area contributed by atoms with Gasteiger partial charge in [-0.15, -0.1) is 0 Å². The van der Waals surface area contributed by atoms with E-state index in [-0.39, 0.29) is 18.3 Å². The molecule has 2 rings (SSSR count). The van der Waals surface area contributed by atoms with Gasteiger partial charge in [-0.3, -0.25) is 0 Å². The Morgan fingerprint density at radius 2 is 2.00 bits per heavy atom. The molecule has 0 aliphatic carbocycles. The molecular weight excluding hydrogens is 288 g/mol.